The fraction of sp³-hybridized carbons (Fsp3) is 0.130. The van der Waals surface area contributed by atoms with Gasteiger partial charge in [-0.25, -0.2) is 4.39 Å². The summed E-state index contributed by atoms with van der Waals surface area (Å²) in [5.41, 5.74) is 1.57. The summed E-state index contributed by atoms with van der Waals surface area (Å²) in [6, 6.07) is 19.6. The molecule has 0 aliphatic heterocycles. The molecule has 0 atom stereocenters. The van der Waals surface area contributed by atoms with Gasteiger partial charge in [0, 0.05) is 17.8 Å². The summed E-state index contributed by atoms with van der Waals surface area (Å²) in [7, 11) is 1.52. The van der Waals surface area contributed by atoms with Crippen LogP contribution in [0.2, 0.25) is 5.02 Å². The molecule has 3 aromatic rings. The van der Waals surface area contributed by atoms with Crippen molar-refractivity contribution in [2.75, 3.05) is 18.9 Å². The first-order valence-electron chi connectivity index (χ1n) is 9.19. The van der Waals surface area contributed by atoms with Gasteiger partial charge in [-0.3, -0.25) is 9.59 Å². The quantitative estimate of drug-likeness (QED) is 0.592. The molecular formula is C23H20ClFN2O3. The van der Waals surface area contributed by atoms with Crippen molar-refractivity contribution >= 4 is 29.1 Å². The molecule has 3 rings (SSSR count). The van der Waals surface area contributed by atoms with E-state index in [9.17, 15) is 14.0 Å². The van der Waals surface area contributed by atoms with Crippen LogP contribution in [0.25, 0.3) is 0 Å². The van der Waals surface area contributed by atoms with Gasteiger partial charge in [0.25, 0.3) is 5.91 Å². The maximum Gasteiger partial charge on any atom is 0.257 e. The van der Waals surface area contributed by atoms with Crippen molar-refractivity contribution in [2.24, 2.45) is 0 Å². The third kappa shape index (κ3) is 5.81. The van der Waals surface area contributed by atoms with Crippen LogP contribution in [0.5, 0.6) is 5.75 Å². The van der Waals surface area contributed by atoms with Gasteiger partial charge in [0.2, 0.25) is 5.91 Å². The fourth-order valence-electron chi connectivity index (χ4n) is 2.77. The number of rotatable bonds is 7. The van der Waals surface area contributed by atoms with E-state index in [1.807, 2.05) is 12.1 Å². The second-order valence-electron chi connectivity index (χ2n) is 6.63. The number of carbonyl (C=O) groups is 2. The minimum atomic E-state index is -0.455. The van der Waals surface area contributed by atoms with E-state index in [4.69, 9.17) is 16.3 Å². The molecule has 1 N–H and O–H groups in total. The highest BCUT2D eigenvalue weighted by atomic mass is 35.5. The monoisotopic (exact) mass is 426 g/mol. The number of nitrogens with one attached hydrogen (secondary N) is 1. The molecule has 3 aromatic carbocycles. The molecule has 0 saturated heterocycles. The Morgan fingerprint density at radius 2 is 1.77 bits per heavy atom. The highest BCUT2D eigenvalue weighted by molar-refractivity contribution is 6.30. The van der Waals surface area contributed by atoms with Gasteiger partial charge >= 0.3 is 0 Å². The number of hydrogen-bond acceptors (Lipinski definition) is 3. The third-order valence-electron chi connectivity index (χ3n) is 4.26. The van der Waals surface area contributed by atoms with E-state index in [0.29, 0.717) is 22.0 Å². The van der Waals surface area contributed by atoms with Gasteiger partial charge in [0.05, 0.1) is 12.1 Å². The zero-order chi connectivity index (χ0) is 21.5. The largest absolute Gasteiger partial charge is 0.488 e. The van der Waals surface area contributed by atoms with Crippen LogP contribution in [0.15, 0.2) is 72.8 Å². The van der Waals surface area contributed by atoms with E-state index in [0.717, 1.165) is 5.56 Å². The van der Waals surface area contributed by atoms with Crippen LogP contribution in [-0.4, -0.2) is 30.3 Å². The van der Waals surface area contributed by atoms with Crippen molar-refractivity contribution < 1.29 is 18.7 Å². The lowest BCUT2D eigenvalue weighted by atomic mass is 10.1. The molecular weight excluding hydrogens is 407 g/mol. The minimum Gasteiger partial charge on any atom is -0.488 e. The Morgan fingerprint density at radius 1 is 1.03 bits per heavy atom. The van der Waals surface area contributed by atoms with Crippen molar-refractivity contribution in [1.82, 2.24) is 4.90 Å². The lowest BCUT2D eigenvalue weighted by Crippen LogP contribution is -2.35. The molecule has 0 fully saturated rings. The van der Waals surface area contributed by atoms with Gasteiger partial charge in [-0.1, -0.05) is 41.9 Å². The Hall–Kier alpha value is -3.38. The second-order valence-corrected chi connectivity index (χ2v) is 7.07. The first-order valence-corrected chi connectivity index (χ1v) is 9.57. The molecule has 0 spiro atoms. The zero-order valence-corrected chi connectivity index (χ0v) is 17.0. The summed E-state index contributed by atoms with van der Waals surface area (Å²) in [5, 5.41) is 3.20. The summed E-state index contributed by atoms with van der Waals surface area (Å²) in [6.07, 6.45) is 0. The van der Waals surface area contributed by atoms with Gasteiger partial charge in [-0.2, -0.15) is 0 Å². The predicted molar refractivity (Wildman–Crippen MR) is 114 cm³/mol. The molecule has 0 aliphatic rings. The van der Waals surface area contributed by atoms with Gasteiger partial charge in [0.15, 0.2) is 0 Å². The summed E-state index contributed by atoms with van der Waals surface area (Å²) < 4.78 is 19.1. The summed E-state index contributed by atoms with van der Waals surface area (Å²) in [4.78, 5) is 26.4. The van der Waals surface area contributed by atoms with Crippen LogP contribution in [0.1, 0.15) is 15.9 Å². The number of benzene rings is 3. The first-order chi connectivity index (χ1) is 14.4. The standard InChI is InChI=1S/C23H20ClFN2O3/c1-27(14-22(28)26-19-6-4-5-18(25)13-19)23(29)20-7-2-3-8-21(20)30-15-16-9-11-17(24)12-10-16/h2-13H,14-15H2,1H3,(H,26,28). The molecule has 5 nitrogen and oxygen atoms in total. The number of carbonyl (C=O) groups excluding carboxylic acids is 2. The topological polar surface area (TPSA) is 58.6 Å². The molecule has 7 heteroatoms. The number of anilines is 1. The van der Waals surface area contributed by atoms with E-state index < -0.39 is 11.7 Å². The van der Waals surface area contributed by atoms with Gasteiger partial charge in [-0.15, -0.1) is 0 Å². The number of hydrogen-bond donors (Lipinski definition) is 1. The molecule has 0 aromatic heterocycles. The maximum atomic E-state index is 13.3. The molecule has 154 valence electrons. The lowest BCUT2D eigenvalue weighted by Gasteiger charge is -2.19. The molecule has 0 heterocycles. The van der Waals surface area contributed by atoms with E-state index in [1.54, 1.807) is 42.5 Å². The van der Waals surface area contributed by atoms with E-state index in [2.05, 4.69) is 5.32 Å². The Bertz CT molecular complexity index is 1040. The molecule has 0 radical (unpaired) electrons. The van der Waals surface area contributed by atoms with Crippen molar-refractivity contribution in [3.8, 4) is 5.75 Å². The Labute approximate surface area is 179 Å². The highest BCUT2D eigenvalue weighted by Crippen LogP contribution is 2.21. The maximum absolute atomic E-state index is 13.3. The van der Waals surface area contributed by atoms with E-state index in [1.165, 1.54) is 30.1 Å². The molecule has 0 aliphatic carbocycles. The lowest BCUT2D eigenvalue weighted by molar-refractivity contribution is -0.116. The average Bonchev–Trinajstić information content (AvgIpc) is 2.73. The molecule has 30 heavy (non-hydrogen) atoms. The van der Waals surface area contributed by atoms with Gasteiger partial charge in [-0.05, 0) is 48.0 Å². The Morgan fingerprint density at radius 3 is 2.50 bits per heavy atom. The zero-order valence-electron chi connectivity index (χ0n) is 16.3. The van der Waals surface area contributed by atoms with Crippen molar-refractivity contribution in [3.05, 3.63) is 94.8 Å². The number of halogens is 2. The van der Waals surface area contributed by atoms with Crippen LogP contribution in [0.4, 0.5) is 10.1 Å². The highest BCUT2D eigenvalue weighted by Gasteiger charge is 2.19. The van der Waals surface area contributed by atoms with Gasteiger partial charge < -0.3 is 15.0 Å². The predicted octanol–water partition coefficient (Wildman–Crippen LogP) is 4.77. The fourth-order valence-corrected chi connectivity index (χ4v) is 2.90. The number of ether oxygens (including phenoxy) is 1. The SMILES string of the molecule is CN(CC(=O)Nc1cccc(F)c1)C(=O)c1ccccc1OCc1ccc(Cl)cc1. The van der Waals surface area contributed by atoms with Crippen molar-refractivity contribution in [1.29, 1.82) is 0 Å². The van der Waals surface area contributed by atoms with Crippen molar-refractivity contribution in [2.45, 2.75) is 6.61 Å². The van der Waals surface area contributed by atoms with Crippen LogP contribution in [0.3, 0.4) is 0 Å². The van der Waals surface area contributed by atoms with Crippen molar-refractivity contribution in [3.63, 3.8) is 0 Å². The Balaban J connectivity index is 1.63. The number of nitrogens with zero attached hydrogens (tertiary/aromatic N) is 1. The molecule has 0 saturated carbocycles. The second kappa shape index (κ2) is 9.89. The first kappa shape index (κ1) is 21.3. The smallest absolute Gasteiger partial charge is 0.257 e. The summed E-state index contributed by atoms with van der Waals surface area (Å²) in [5.74, 6) is -0.842. The number of para-hydroxylation sites is 1. The van der Waals surface area contributed by atoms with Crippen LogP contribution < -0.4 is 10.1 Å². The molecule has 2 amide bonds. The van der Waals surface area contributed by atoms with Crippen LogP contribution in [0, 0.1) is 5.82 Å². The third-order valence-corrected chi connectivity index (χ3v) is 4.51. The van der Waals surface area contributed by atoms with Gasteiger partial charge in [0.1, 0.15) is 18.2 Å². The summed E-state index contributed by atoms with van der Waals surface area (Å²) >= 11 is 5.89. The van der Waals surface area contributed by atoms with E-state index in [-0.39, 0.29) is 19.1 Å². The van der Waals surface area contributed by atoms with E-state index >= 15 is 0 Å². The van der Waals surface area contributed by atoms with Crippen LogP contribution >= 0.6 is 11.6 Å². The normalized spacial score (nSPS) is 10.4. The number of amides is 2. The Kier molecular flexibility index (Phi) is 7.03. The number of likely N-dealkylation sites (N-methyl/N-ethyl adjacent to an activating group) is 1. The van der Waals surface area contributed by atoms with Crippen LogP contribution in [-0.2, 0) is 11.4 Å². The minimum absolute atomic E-state index is 0.194. The summed E-state index contributed by atoms with van der Waals surface area (Å²) in [6.45, 7) is 0.0755. The molecule has 0 unspecified atom stereocenters. The average molecular weight is 427 g/mol. The molecule has 0 bridgehead atoms.